The summed E-state index contributed by atoms with van der Waals surface area (Å²) in [7, 11) is 1.64. The van der Waals surface area contributed by atoms with E-state index in [1.807, 2.05) is 0 Å². The van der Waals surface area contributed by atoms with Crippen LogP contribution >= 0.6 is 11.6 Å². The molecule has 0 spiro atoms. The molecule has 2 rings (SSSR count). The predicted octanol–water partition coefficient (Wildman–Crippen LogP) is 0.928. The first kappa shape index (κ1) is 17.8. The lowest BCUT2D eigenvalue weighted by Gasteiger charge is -2.29. The minimum atomic E-state index is -0.989. The first-order chi connectivity index (χ1) is 11.4. The van der Waals surface area contributed by atoms with Gasteiger partial charge in [0.1, 0.15) is 5.15 Å². The number of carboxylic acid groups (broad SMARTS) is 1. The molecular formula is C14H18ClN5O4. The van der Waals surface area contributed by atoms with E-state index in [0.717, 1.165) is 0 Å². The number of halogens is 1. The van der Waals surface area contributed by atoms with Gasteiger partial charge < -0.3 is 15.3 Å². The summed E-state index contributed by atoms with van der Waals surface area (Å²) in [6.07, 6.45) is 1.15. The number of hydrogen-bond acceptors (Lipinski definition) is 5. The van der Waals surface area contributed by atoms with Crippen molar-refractivity contribution in [3.05, 3.63) is 23.0 Å². The fourth-order valence-electron chi connectivity index (χ4n) is 2.44. The molecule has 24 heavy (non-hydrogen) atoms. The minimum absolute atomic E-state index is 0.239. The molecule has 130 valence electrons. The Morgan fingerprint density at radius 1 is 1.29 bits per heavy atom. The Bertz CT molecular complexity index is 646. The van der Waals surface area contributed by atoms with Crippen LogP contribution in [0.5, 0.6) is 0 Å². The number of pyridine rings is 1. The summed E-state index contributed by atoms with van der Waals surface area (Å²) in [6, 6.07) is 1.50. The van der Waals surface area contributed by atoms with E-state index < -0.39 is 12.0 Å². The van der Waals surface area contributed by atoms with Gasteiger partial charge in [-0.2, -0.15) is 0 Å². The van der Waals surface area contributed by atoms with E-state index in [4.69, 9.17) is 16.7 Å². The summed E-state index contributed by atoms with van der Waals surface area (Å²) in [4.78, 5) is 40.1. The van der Waals surface area contributed by atoms with Crippen molar-refractivity contribution in [2.45, 2.75) is 12.8 Å². The molecular weight excluding hydrogens is 338 g/mol. The molecule has 0 bridgehead atoms. The lowest BCUT2D eigenvalue weighted by Crippen LogP contribution is -2.48. The van der Waals surface area contributed by atoms with Crippen molar-refractivity contribution in [2.24, 2.45) is 5.92 Å². The lowest BCUT2D eigenvalue weighted by atomic mass is 9.96. The third kappa shape index (κ3) is 4.25. The second kappa shape index (κ2) is 7.82. The van der Waals surface area contributed by atoms with Crippen LogP contribution in [0.4, 0.5) is 10.5 Å². The number of rotatable bonds is 3. The fraction of sp³-hybridized carbons (Fsp3) is 0.429. The molecule has 2 heterocycles. The molecule has 1 saturated heterocycles. The van der Waals surface area contributed by atoms with E-state index in [1.54, 1.807) is 7.05 Å². The fourth-order valence-corrected chi connectivity index (χ4v) is 2.60. The highest BCUT2D eigenvalue weighted by molar-refractivity contribution is 6.29. The van der Waals surface area contributed by atoms with Gasteiger partial charge in [0, 0.05) is 32.3 Å². The third-order valence-corrected chi connectivity index (χ3v) is 4.03. The van der Waals surface area contributed by atoms with Crippen LogP contribution in [0.1, 0.15) is 23.2 Å². The largest absolute Gasteiger partial charge is 0.465 e. The summed E-state index contributed by atoms with van der Waals surface area (Å²) in [5.74, 6) is -1.21. The predicted molar refractivity (Wildman–Crippen MR) is 86.7 cm³/mol. The number of likely N-dealkylation sites (tertiary alicyclic amines) is 1. The van der Waals surface area contributed by atoms with Gasteiger partial charge in [-0.15, -0.1) is 0 Å². The topological polar surface area (TPSA) is 124 Å². The SMILES string of the molecule is CNc1cc(Cl)ncc1C(=O)NNC(=O)C1CCN(C(=O)O)CC1. The van der Waals surface area contributed by atoms with E-state index in [1.165, 1.54) is 17.2 Å². The van der Waals surface area contributed by atoms with Crippen molar-refractivity contribution < 1.29 is 19.5 Å². The number of anilines is 1. The zero-order valence-corrected chi connectivity index (χ0v) is 13.8. The van der Waals surface area contributed by atoms with Gasteiger partial charge >= 0.3 is 6.09 Å². The monoisotopic (exact) mass is 355 g/mol. The van der Waals surface area contributed by atoms with Gasteiger partial charge in [0.05, 0.1) is 11.3 Å². The summed E-state index contributed by atoms with van der Waals surface area (Å²) >= 11 is 5.77. The maximum atomic E-state index is 12.1. The van der Waals surface area contributed by atoms with Crippen molar-refractivity contribution in [1.82, 2.24) is 20.7 Å². The van der Waals surface area contributed by atoms with Crippen molar-refractivity contribution in [1.29, 1.82) is 0 Å². The van der Waals surface area contributed by atoms with Crippen molar-refractivity contribution in [3.63, 3.8) is 0 Å². The number of nitrogens with zero attached hydrogens (tertiary/aromatic N) is 2. The number of hydrazine groups is 1. The van der Waals surface area contributed by atoms with Gasteiger partial charge in [0.15, 0.2) is 0 Å². The average Bonchev–Trinajstić information content (AvgIpc) is 2.59. The smallest absolute Gasteiger partial charge is 0.407 e. The van der Waals surface area contributed by atoms with Crippen LogP contribution in [0.3, 0.4) is 0 Å². The molecule has 1 aromatic heterocycles. The highest BCUT2D eigenvalue weighted by atomic mass is 35.5. The summed E-state index contributed by atoms with van der Waals surface area (Å²) in [5, 5.41) is 11.9. The Hall–Kier alpha value is -2.55. The molecule has 0 radical (unpaired) electrons. The summed E-state index contributed by atoms with van der Waals surface area (Å²) in [6.45, 7) is 0.596. The second-order valence-electron chi connectivity index (χ2n) is 5.29. The van der Waals surface area contributed by atoms with E-state index in [-0.39, 0.29) is 22.5 Å². The van der Waals surface area contributed by atoms with Crippen LogP contribution in [0.15, 0.2) is 12.3 Å². The molecule has 0 aliphatic carbocycles. The zero-order chi connectivity index (χ0) is 17.7. The third-order valence-electron chi connectivity index (χ3n) is 3.82. The molecule has 1 aromatic rings. The van der Waals surface area contributed by atoms with E-state index in [9.17, 15) is 14.4 Å². The van der Waals surface area contributed by atoms with Gasteiger partial charge in [0.25, 0.3) is 5.91 Å². The van der Waals surface area contributed by atoms with E-state index >= 15 is 0 Å². The van der Waals surface area contributed by atoms with Crippen LogP contribution in [-0.2, 0) is 4.79 Å². The first-order valence-electron chi connectivity index (χ1n) is 7.33. The Balaban J connectivity index is 1.88. The van der Waals surface area contributed by atoms with Crippen LogP contribution in [-0.4, -0.2) is 53.0 Å². The Morgan fingerprint density at radius 3 is 2.54 bits per heavy atom. The quantitative estimate of drug-likeness (QED) is 0.472. The van der Waals surface area contributed by atoms with Crippen molar-refractivity contribution >= 4 is 35.2 Å². The molecule has 1 aliphatic rings. The Labute approximate surface area is 143 Å². The number of hydrogen-bond donors (Lipinski definition) is 4. The Kier molecular flexibility index (Phi) is 5.80. The molecule has 3 amide bonds. The molecule has 0 atom stereocenters. The van der Waals surface area contributed by atoms with Gasteiger partial charge in [-0.25, -0.2) is 9.78 Å². The van der Waals surface area contributed by atoms with Gasteiger partial charge in [-0.1, -0.05) is 11.6 Å². The zero-order valence-electron chi connectivity index (χ0n) is 13.0. The van der Waals surface area contributed by atoms with Crippen LogP contribution in [0.25, 0.3) is 0 Å². The van der Waals surface area contributed by atoms with Crippen molar-refractivity contribution in [2.75, 3.05) is 25.5 Å². The first-order valence-corrected chi connectivity index (χ1v) is 7.71. The van der Waals surface area contributed by atoms with Gasteiger partial charge in [0.2, 0.25) is 5.91 Å². The van der Waals surface area contributed by atoms with E-state index in [2.05, 4.69) is 21.2 Å². The van der Waals surface area contributed by atoms with Crippen LogP contribution in [0, 0.1) is 5.92 Å². The highest BCUT2D eigenvalue weighted by Crippen LogP contribution is 2.19. The molecule has 1 aliphatic heterocycles. The number of amides is 3. The molecule has 0 saturated carbocycles. The maximum Gasteiger partial charge on any atom is 0.407 e. The number of aromatic nitrogens is 1. The molecule has 4 N–H and O–H groups in total. The van der Waals surface area contributed by atoms with Gasteiger partial charge in [-0.3, -0.25) is 20.4 Å². The molecule has 9 nitrogen and oxygen atoms in total. The lowest BCUT2D eigenvalue weighted by molar-refractivity contribution is -0.127. The molecule has 0 aromatic carbocycles. The van der Waals surface area contributed by atoms with E-state index in [0.29, 0.717) is 31.6 Å². The summed E-state index contributed by atoms with van der Waals surface area (Å²) in [5.41, 5.74) is 5.42. The number of carbonyl (C=O) groups is 3. The normalized spacial score (nSPS) is 14.8. The summed E-state index contributed by atoms with van der Waals surface area (Å²) < 4.78 is 0. The Morgan fingerprint density at radius 2 is 1.96 bits per heavy atom. The van der Waals surface area contributed by atoms with Gasteiger partial charge in [-0.05, 0) is 18.9 Å². The minimum Gasteiger partial charge on any atom is -0.465 e. The second-order valence-corrected chi connectivity index (χ2v) is 5.68. The molecule has 1 fully saturated rings. The standard InChI is InChI=1S/C14H18ClN5O4/c1-16-10-6-11(15)17-7-9(10)13(22)19-18-12(21)8-2-4-20(5-3-8)14(23)24/h6-8H,2-5H2,1H3,(H,16,17)(H,18,21)(H,19,22)(H,23,24). The molecule has 0 unspecified atom stereocenters. The van der Waals surface area contributed by atoms with Crippen molar-refractivity contribution in [3.8, 4) is 0 Å². The van der Waals surface area contributed by atoms with Crippen LogP contribution in [0.2, 0.25) is 5.15 Å². The number of piperidine rings is 1. The average molecular weight is 356 g/mol. The number of carbonyl (C=O) groups excluding carboxylic acids is 2. The molecule has 10 heteroatoms. The number of nitrogens with one attached hydrogen (secondary N) is 3. The maximum absolute atomic E-state index is 12.1. The highest BCUT2D eigenvalue weighted by Gasteiger charge is 2.27. The van der Waals surface area contributed by atoms with Crippen LogP contribution < -0.4 is 16.2 Å².